The number of benzene rings is 1. The fourth-order valence-corrected chi connectivity index (χ4v) is 3.34. The summed E-state index contributed by atoms with van der Waals surface area (Å²) in [5, 5.41) is 2.68. The third-order valence-electron chi connectivity index (χ3n) is 3.37. The lowest BCUT2D eigenvalue weighted by Crippen LogP contribution is -2.45. The Hall–Kier alpha value is -1.64. The number of nitrogens with one attached hydrogen (secondary N) is 2. The van der Waals surface area contributed by atoms with Crippen LogP contribution in [0.1, 0.15) is 25.8 Å². The van der Waals surface area contributed by atoms with Crippen LogP contribution in [0.3, 0.4) is 0 Å². The van der Waals surface area contributed by atoms with Crippen LogP contribution in [0.2, 0.25) is 0 Å². The summed E-state index contributed by atoms with van der Waals surface area (Å²) in [5.41, 5.74) is 0.702. The monoisotopic (exact) mass is 358 g/mol. The van der Waals surface area contributed by atoms with Crippen molar-refractivity contribution in [1.82, 2.24) is 10.0 Å². The van der Waals surface area contributed by atoms with Crippen molar-refractivity contribution in [2.24, 2.45) is 0 Å². The number of methoxy groups -OCH3 is 1. The van der Waals surface area contributed by atoms with Gasteiger partial charge in [-0.25, -0.2) is 8.42 Å². The van der Waals surface area contributed by atoms with Gasteiger partial charge < -0.3 is 14.8 Å². The highest BCUT2D eigenvalue weighted by atomic mass is 32.2. The second-order valence-electron chi connectivity index (χ2n) is 5.32. The van der Waals surface area contributed by atoms with Crippen LogP contribution in [0.25, 0.3) is 0 Å². The van der Waals surface area contributed by atoms with Crippen molar-refractivity contribution in [3.8, 4) is 5.75 Å². The van der Waals surface area contributed by atoms with Crippen molar-refractivity contribution in [1.29, 1.82) is 0 Å². The Kier molecular flexibility index (Phi) is 8.17. The maximum atomic E-state index is 12.4. The van der Waals surface area contributed by atoms with E-state index in [2.05, 4.69) is 10.0 Å². The molecule has 0 radical (unpaired) electrons. The largest absolute Gasteiger partial charge is 0.496 e. The Morgan fingerprint density at radius 3 is 2.62 bits per heavy atom. The number of carbonyl (C=O) groups is 1. The van der Waals surface area contributed by atoms with Crippen LogP contribution < -0.4 is 14.8 Å². The average Bonchev–Trinajstić information content (AvgIpc) is 2.53. The number of ether oxygens (including phenoxy) is 2. The summed E-state index contributed by atoms with van der Waals surface area (Å²) in [6.07, 6.45) is 0.677. The molecule has 0 fully saturated rings. The molecular formula is C16H26N2O5S. The van der Waals surface area contributed by atoms with Gasteiger partial charge in [-0.05, 0) is 51.0 Å². The van der Waals surface area contributed by atoms with E-state index in [0.29, 0.717) is 37.5 Å². The standard InChI is InChI=1S/C16H26N2O5S/c1-5-23-10-6-9-17-16(19)13(3)18-24(20,21)14-7-8-15(22-4)12(2)11-14/h7-8,11,13,18H,5-6,9-10H2,1-4H3,(H,17,19)/t13-/m1/s1. The van der Waals surface area contributed by atoms with E-state index in [1.165, 1.54) is 26.2 Å². The zero-order chi connectivity index (χ0) is 18.2. The van der Waals surface area contributed by atoms with Crippen LogP contribution in [0.15, 0.2) is 23.1 Å². The second-order valence-corrected chi connectivity index (χ2v) is 7.03. The maximum Gasteiger partial charge on any atom is 0.241 e. The summed E-state index contributed by atoms with van der Waals surface area (Å²) in [6.45, 7) is 6.79. The summed E-state index contributed by atoms with van der Waals surface area (Å²) in [5.74, 6) is 0.231. The van der Waals surface area contributed by atoms with E-state index in [-0.39, 0.29) is 10.8 Å². The second kappa shape index (κ2) is 9.61. The predicted octanol–water partition coefficient (Wildman–Crippen LogP) is 1.21. The molecule has 1 amide bonds. The van der Waals surface area contributed by atoms with E-state index < -0.39 is 16.1 Å². The number of hydrogen-bond acceptors (Lipinski definition) is 5. The van der Waals surface area contributed by atoms with E-state index in [4.69, 9.17) is 9.47 Å². The van der Waals surface area contributed by atoms with E-state index in [1.807, 2.05) is 6.92 Å². The first kappa shape index (κ1) is 20.4. The molecule has 8 heteroatoms. The minimum absolute atomic E-state index is 0.0943. The van der Waals surface area contributed by atoms with Crippen molar-refractivity contribution < 1.29 is 22.7 Å². The van der Waals surface area contributed by atoms with E-state index in [0.717, 1.165) is 0 Å². The molecular weight excluding hydrogens is 332 g/mol. The van der Waals surface area contributed by atoms with Crippen molar-refractivity contribution >= 4 is 15.9 Å². The van der Waals surface area contributed by atoms with Crippen LogP contribution in [-0.2, 0) is 19.6 Å². The lowest BCUT2D eigenvalue weighted by atomic mass is 10.2. The molecule has 1 aromatic rings. The molecule has 0 saturated heterocycles. The van der Waals surface area contributed by atoms with Gasteiger partial charge in [-0.1, -0.05) is 0 Å². The van der Waals surface area contributed by atoms with Gasteiger partial charge in [-0.15, -0.1) is 0 Å². The summed E-state index contributed by atoms with van der Waals surface area (Å²) in [4.78, 5) is 12.0. The lowest BCUT2D eigenvalue weighted by Gasteiger charge is -2.15. The third-order valence-corrected chi connectivity index (χ3v) is 4.91. The van der Waals surface area contributed by atoms with E-state index >= 15 is 0 Å². The summed E-state index contributed by atoms with van der Waals surface area (Å²) in [6, 6.07) is 3.67. The zero-order valence-corrected chi connectivity index (χ0v) is 15.4. The molecule has 1 atom stereocenters. The Morgan fingerprint density at radius 2 is 2.04 bits per heavy atom. The number of hydrogen-bond donors (Lipinski definition) is 2. The number of rotatable bonds is 10. The van der Waals surface area contributed by atoms with Gasteiger partial charge in [0, 0.05) is 19.8 Å². The van der Waals surface area contributed by atoms with Gasteiger partial charge in [-0.2, -0.15) is 4.72 Å². The molecule has 0 saturated carbocycles. The predicted molar refractivity (Wildman–Crippen MR) is 91.6 cm³/mol. The topological polar surface area (TPSA) is 93.7 Å². The fraction of sp³-hybridized carbons (Fsp3) is 0.562. The summed E-state index contributed by atoms with van der Waals surface area (Å²) in [7, 11) is -2.26. The molecule has 7 nitrogen and oxygen atoms in total. The minimum atomic E-state index is -3.78. The van der Waals surface area contributed by atoms with Crippen molar-refractivity contribution in [3.05, 3.63) is 23.8 Å². The molecule has 0 spiro atoms. The van der Waals surface area contributed by atoms with Gasteiger partial charge in [0.2, 0.25) is 15.9 Å². The fourth-order valence-electron chi connectivity index (χ4n) is 2.06. The summed E-state index contributed by atoms with van der Waals surface area (Å²) >= 11 is 0. The molecule has 0 aliphatic carbocycles. The minimum Gasteiger partial charge on any atom is -0.496 e. The Labute approximate surface area is 143 Å². The molecule has 0 unspecified atom stereocenters. The average molecular weight is 358 g/mol. The molecule has 1 rings (SSSR count). The number of sulfonamides is 1. The SMILES string of the molecule is CCOCCCNC(=O)[C@@H](C)NS(=O)(=O)c1ccc(OC)c(C)c1. The number of amides is 1. The first-order chi connectivity index (χ1) is 11.3. The highest BCUT2D eigenvalue weighted by molar-refractivity contribution is 7.89. The molecule has 1 aromatic carbocycles. The molecule has 136 valence electrons. The van der Waals surface area contributed by atoms with Crippen LogP contribution in [-0.4, -0.2) is 47.2 Å². The molecule has 0 aliphatic heterocycles. The van der Waals surface area contributed by atoms with Crippen LogP contribution in [0.5, 0.6) is 5.75 Å². The number of carbonyl (C=O) groups excluding carboxylic acids is 1. The smallest absolute Gasteiger partial charge is 0.241 e. The Bertz CT molecular complexity index is 646. The molecule has 0 bridgehead atoms. The van der Waals surface area contributed by atoms with Crippen molar-refractivity contribution in [2.45, 2.75) is 38.1 Å². The van der Waals surface area contributed by atoms with Gasteiger partial charge in [-0.3, -0.25) is 4.79 Å². The van der Waals surface area contributed by atoms with Crippen LogP contribution in [0.4, 0.5) is 0 Å². The van der Waals surface area contributed by atoms with Gasteiger partial charge >= 0.3 is 0 Å². The van der Waals surface area contributed by atoms with Gasteiger partial charge in [0.25, 0.3) is 0 Å². The quantitative estimate of drug-likeness (QED) is 0.613. The lowest BCUT2D eigenvalue weighted by molar-refractivity contribution is -0.122. The molecule has 2 N–H and O–H groups in total. The molecule has 0 aliphatic rings. The Balaban J connectivity index is 2.62. The molecule has 0 aromatic heterocycles. The highest BCUT2D eigenvalue weighted by Crippen LogP contribution is 2.21. The van der Waals surface area contributed by atoms with Crippen molar-refractivity contribution in [2.75, 3.05) is 26.9 Å². The summed E-state index contributed by atoms with van der Waals surface area (Å²) < 4.78 is 37.4. The number of aryl methyl sites for hydroxylation is 1. The van der Waals surface area contributed by atoms with Crippen LogP contribution >= 0.6 is 0 Å². The van der Waals surface area contributed by atoms with Gasteiger partial charge in [0.1, 0.15) is 5.75 Å². The first-order valence-electron chi connectivity index (χ1n) is 7.84. The van der Waals surface area contributed by atoms with Gasteiger partial charge in [0.05, 0.1) is 18.0 Å². The van der Waals surface area contributed by atoms with Crippen LogP contribution in [0, 0.1) is 6.92 Å². The van der Waals surface area contributed by atoms with E-state index in [9.17, 15) is 13.2 Å². The van der Waals surface area contributed by atoms with Gasteiger partial charge in [0.15, 0.2) is 0 Å². The highest BCUT2D eigenvalue weighted by Gasteiger charge is 2.22. The maximum absolute atomic E-state index is 12.4. The molecule has 0 heterocycles. The zero-order valence-electron chi connectivity index (χ0n) is 14.6. The Morgan fingerprint density at radius 1 is 1.33 bits per heavy atom. The first-order valence-corrected chi connectivity index (χ1v) is 9.32. The van der Waals surface area contributed by atoms with E-state index in [1.54, 1.807) is 13.0 Å². The third kappa shape index (κ3) is 6.10. The molecule has 24 heavy (non-hydrogen) atoms. The normalized spacial score (nSPS) is 12.7. The van der Waals surface area contributed by atoms with Crippen molar-refractivity contribution in [3.63, 3.8) is 0 Å².